The number of aromatic hydroxyl groups is 1. The molecule has 0 aliphatic rings. The lowest BCUT2D eigenvalue weighted by Gasteiger charge is -2.07. The molecule has 19 heavy (non-hydrogen) atoms. The zero-order valence-corrected chi connectivity index (χ0v) is 12.0. The number of hydrogen-bond donors (Lipinski definition) is 1. The number of ketones is 1. The number of hydrogen-bond acceptors (Lipinski definition) is 3. The lowest BCUT2D eigenvalue weighted by atomic mass is 10.1. The van der Waals surface area contributed by atoms with Gasteiger partial charge in [-0.2, -0.15) is 0 Å². The monoisotopic (exact) mass is 292 g/mol. The third-order valence-electron chi connectivity index (χ3n) is 2.71. The van der Waals surface area contributed by atoms with E-state index in [0.717, 1.165) is 10.5 Å². The smallest absolute Gasteiger partial charge is 0.159 e. The average molecular weight is 293 g/mol. The fourth-order valence-electron chi connectivity index (χ4n) is 1.64. The Morgan fingerprint density at radius 1 is 1.26 bits per heavy atom. The van der Waals surface area contributed by atoms with Crippen LogP contribution in [0, 0.1) is 0 Å². The summed E-state index contributed by atoms with van der Waals surface area (Å²) in [7, 11) is 0. The first-order valence-corrected chi connectivity index (χ1v) is 7.14. The predicted octanol–water partition coefficient (Wildman–Crippen LogP) is 4.54. The normalized spacial score (nSPS) is 10.4. The molecule has 0 unspecified atom stereocenters. The van der Waals surface area contributed by atoms with E-state index in [0.29, 0.717) is 16.3 Å². The van der Waals surface area contributed by atoms with Crippen molar-refractivity contribution in [1.82, 2.24) is 0 Å². The van der Waals surface area contributed by atoms with Crippen molar-refractivity contribution in [2.45, 2.75) is 17.6 Å². The first-order valence-electron chi connectivity index (χ1n) is 5.78. The average Bonchev–Trinajstić information content (AvgIpc) is 2.39. The molecule has 2 aromatic carbocycles. The number of carbonyl (C=O) groups excluding carboxylic acids is 1. The van der Waals surface area contributed by atoms with Crippen LogP contribution in [0.5, 0.6) is 5.75 Å². The van der Waals surface area contributed by atoms with E-state index in [-0.39, 0.29) is 11.5 Å². The molecule has 0 bridgehead atoms. The van der Waals surface area contributed by atoms with Crippen LogP contribution in [0.1, 0.15) is 22.8 Å². The van der Waals surface area contributed by atoms with Crippen molar-refractivity contribution in [3.63, 3.8) is 0 Å². The van der Waals surface area contributed by atoms with Gasteiger partial charge in [0.15, 0.2) is 5.78 Å². The van der Waals surface area contributed by atoms with E-state index in [4.69, 9.17) is 11.6 Å². The van der Waals surface area contributed by atoms with Crippen molar-refractivity contribution in [2.75, 3.05) is 0 Å². The third kappa shape index (κ3) is 3.52. The Morgan fingerprint density at radius 3 is 2.68 bits per heavy atom. The van der Waals surface area contributed by atoms with E-state index in [9.17, 15) is 9.90 Å². The Hall–Kier alpha value is -1.45. The van der Waals surface area contributed by atoms with Crippen LogP contribution in [-0.4, -0.2) is 10.9 Å². The minimum Gasteiger partial charge on any atom is -0.508 e. The van der Waals surface area contributed by atoms with Gasteiger partial charge in [-0.05, 0) is 37.3 Å². The van der Waals surface area contributed by atoms with Gasteiger partial charge in [-0.25, -0.2) is 0 Å². The van der Waals surface area contributed by atoms with Crippen molar-refractivity contribution in [3.05, 3.63) is 58.6 Å². The Balaban J connectivity index is 2.17. The van der Waals surface area contributed by atoms with Crippen molar-refractivity contribution in [3.8, 4) is 5.75 Å². The van der Waals surface area contributed by atoms with Crippen molar-refractivity contribution in [1.29, 1.82) is 0 Å². The summed E-state index contributed by atoms with van der Waals surface area (Å²) in [6.45, 7) is 1.51. The number of halogens is 1. The van der Waals surface area contributed by atoms with Crippen LogP contribution < -0.4 is 0 Å². The third-order valence-corrected chi connectivity index (χ3v) is 4.27. The van der Waals surface area contributed by atoms with Crippen LogP contribution in [0.4, 0.5) is 0 Å². The second-order valence-corrected chi connectivity index (χ2v) is 5.54. The number of phenols is 1. The molecule has 0 aliphatic heterocycles. The molecule has 1 N–H and O–H groups in total. The molecular formula is C15H13ClO2S. The first kappa shape index (κ1) is 14.0. The molecule has 0 aliphatic carbocycles. The molecule has 0 saturated heterocycles. The maximum absolute atomic E-state index is 11.3. The molecule has 0 heterocycles. The van der Waals surface area contributed by atoms with E-state index in [2.05, 4.69) is 0 Å². The minimum atomic E-state index is -0.0102. The molecule has 0 saturated carbocycles. The molecular weight excluding hydrogens is 280 g/mol. The van der Waals surface area contributed by atoms with Gasteiger partial charge in [0.25, 0.3) is 0 Å². The lowest BCUT2D eigenvalue weighted by Crippen LogP contribution is -1.93. The molecule has 0 radical (unpaired) electrons. The molecule has 98 valence electrons. The summed E-state index contributed by atoms with van der Waals surface area (Å²) < 4.78 is 0. The van der Waals surface area contributed by atoms with Gasteiger partial charge in [0.1, 0.15) is 5.75 Å². The van der Waals surface area contributed by atoms with Crippen LogP contribution in [0.2, 0.25) is 5.02 Å². The van der Waals surface area contributed by atoms with Gasteiger partial charge < -0.3 is 5.11 Å². The number of phenolic OH excluding ortho intramolecular Hbond substituents is 1. The summed E-state index contributed by atoms with van der Waals surface area (Å²) in [5, 5.41) is 10.5. The Bertz CT molecular complexity index is 611. The van der Waals surface area contributed by atoms with Gasteiger partial charge in [-0.15, -0.1) is 11.8 Å². The number of rotatable bonds is 4. The maximum Gasteiger partial charge on any atom is 0.159 e. The first-order chi connectivity index (χ1) is 9.08. The molecule has 0 atom stereocenters. The van der Waals surface area contributed by atoms with Crippen LogP contribution in [0.15, 0.2) is 47.4 Å². The van der Waals surface area contributed by atoms with E-state index < -0.39 is 0 Å². The Labute approximate surface area is 121 Å². The Kier molecular flexibility index (Phi) is 4.51. The largest absolute Gasteiger partial charge is 0.508 e. The quantitative estimate of drug-likeness (QED) is 0.664. The molecule has 2 nitrogen and oxygen atoms in total. The predicted molar refractivity (Wildman–Crippen MR) is 79.1 cm³/mol. The fraction of sp³-hybridized carbons (Fsp3) is 0.133. The highest BCUT2D eigenvalue weighted by Crippen LogP contribution is 2.32. The summed E-state index contributed by atoms with van der Waals surface area (Å²) in [6, 6.07) is 12.5. The summed E-state index contributed by atoms with van der Waals surface area (Å²) in [4.78, 5) is 12.3. The summed E-state index contributed by atoms with van der Waals surface area (Å²) >= 11 is 7.61. The van der Waals surface area contributed by atoms with Crippen LogP contribution in [0.25, 0.3) is 0 Å². The van der Waals surface area contributed by atoms with Gasteiger partial charge >= 0.3 is 0 Å². The second kappa shape index (κ2) is 6.13. The van der Waals surface area contributed by atoms with Crippen molar-refractivity contribution < 1.29 is 9.90 Å². The highest BCUT2D eigenvalue weighted by atomic mass is 35.5. The highest BCUT2D eigenvalue weighted by molar-refractivity contribution is 7.98. The summed E-state index contributed by atoms with van der Waals surface area (Å²) in [5.74, 6) is 0.755. The Morgan fingerprint density at radius 2 is 2.00 bits per heavy atom. The fourth-order valence-corrected chi connectivity index (χ4v) is 2.86. The second-order valence-electron chi connectivity index (χ2n) is 4.12. The lowest BCUT2D eigenvalue weighted by molar-refractivity contribution is 0.101. The molecule has 0 spiro atoms. The van der Waals surface area contributed by atoms with Crippen LogP contribution >= 0.6 is 23.4 Å². The number of Topliss-reactive ketones (excluding diaryl/α,β-unsaturated/α-hetero) is 1. The van der Waals surface area contributed by atoms with Gasteiger partial charge in [0, 0.05) is 21.8 Å². The molecule has 2 aromatic rings. The van der Waals surface area contributed by atoms with Crippen LogP contribution in [-0.2, 0) is 5.75 Å². The number of thioether (sulfide) groups is 1. The molecule has 0 amide bonds. The van der Waals surface area contributed by atoms with E-state index in [1.165, 1.54) is 18.7 Å². The van der Waals surface area contributed by atoms with E-state index >= 15 is 0 Å². The molecule has 2 rings (SSSR count). The van der Waals surface area contributed by atoms with Gasteiger partial charge in [-0.1, -0.05) is 23.7 Å². The van der Waals surface area contributed by atoms with Crippen molar-refractivity contribution >= 4 is 29.1 Å². The standard InChI is InChI=1S/C15H13ClO2S/c1-10(17)11-6-7-14(18)12(8-11)9-19-15-5-3-2-4-13(15)16/h2-8,18H,9H2,1H3. The topological polar surface area (TPSA) is 37.3 Å². The highest BCUT2D eigenvalue weighted by Gasteiger charge is 2.07. The summed E-state index contributed by atoms with van der Waals surface area (Å²) in [6.07, 6.45) is 0. The van der Waals surface area contributed by atoms with E-state index in [1.54, 1.807) is 18.2 Å². The molecule has 4 heteroatoms. The zero-order valence-electron chi connectivity index (χ0n) is 10.4. The number of benzene rings is 2. The maximum atomic E-state index is 11.3. The van der Waals surface area contributed by atoms with Crippen LogP contribution in [0.3, 0.4) is 0 Å². The van der Waals surface area contributed by atoms with Gasteiger partial charge in [-0.3, -0.25) is 4.79 Å². The minimum absolute atomic E-state index is 0.0102. The van der Waals surface area contributed by atoms with Gasteiger partial charge in [0.2, 0.25) is 0 Å². The molecule has 0 fully saturated rings. The number of carbonyl (C=O) groups is 1. The molecule has 0 aromatic heterocycles. The zero-order chi connectivity index (χ0) is 13.8. The van der Waals surface area contributed by atoms with E-state index in [1.807, 2.05) is 24.3 Å². The van der Waals surface area contributed by atoms with Crippen molar-refractivity contribution in [2.24, 2.45) is 0 Å². The van der Waals surface area contributed by atoms with Gasteiger partial charge in [0.05, 0.1) is 5.02 Å². The SMILES string of the molecule is CC(=O)c1ccc(O)c(CSc2ccccc2Cl)c1. The summed E-state index contributed by atoms with van der Waals surface area (Å²) in [5.41, 5.74) is 1.34.